The summed E-state index contributed by atoms with van der Waals surface area (Å²) in [5, 5.41) is 4.31. The molecule has 4 aliphatic rings. The summed E-state index contributed by atoms with van der Waals surface area (Å²) in [6, 6.07) is 19.3. The van der Waals surface area contributed by atoms with Crippen LogP contribution < -0.4 is 0 Å². The van der Waals surface area contributed by atoms with E-state index in [1.165, 1.54) is 45.1 Å². The van der Waals surface area contributed by atoms with Crippen molar-refractivity contribution in [3.8, 4) is 0 Å². The summed E-state index contributed by atoms with van der Waals surface area (Å²) in [4.78, 5) is 16.4. The quantitative estimate of drug-likeness (QED) is 0.288. The number of hydrogen-bond donors (Lipinski definition) is 0. The summed E-state index contributed by atoms with van der Waals surface area (Å²) >= 11 is 0. The van der Waals surface area contributed by atoms with Gasteiger partial charge in [0.05, 0.1) is 19.9 Å². The van der Waals surface area contributed by atoms with Crippen LogP contribution in [-0.2, 0) is 19.0 Å². The predicted octanol–water partition coefficient (Wildman–Crippen LogP) is 6.49. The minimum atomic E-state index is -0.758. The molecule has 3 aromatic carbocycles. The molecule has 5 nitrogen and oxygen atoms in total. The first-order chi connectivity index (χ1) is 18.7. The van der Waals surface area contributed by atoms with E-state index < -0.39 is 6.10 Å². The van der Waals surface area contributed by atoms with Gasteiger partial charge < -0.3 is 14.2 Å². The van der Waals surface area contributed by atoms with E-state index in [1.807, 2.05) is 24.3 Å². The highest BCUT2D eigenvalue weighted by Crippen LogP contribution is 2.60. The van der Waals surface area contributed by atoms with Gasteiger partial charge in [-0.1, -0.05) is 61.4 Å². The molecule has 4 fully saturated rings. The van der Waals surface area contributed by atoms with E-state index in [-0.39, 0.29) is 5.97 Å². The number of hydrogen-bond acceptors (Lipinski definition) is 5. The van der Waals surface area contributed by atoms with Crippen molar-refractivity contribution in [2.75, 3.05) is 33.6 Å². The number of carbonyl (C=O) groups excluding carboxylic acids is 1. The number of ether oxygens (including phenoxy) is 3. The minimum Gasteiger partial charge on any atom is -0.463 e. The van der Waals surface area contributed by atoms with Crippen LogP contribution in [0.3, 0.4) is 0 Å². The second-order valence-corrected chi connectivity index (χ2v) is 12.2. The van der Waals surface area contributed by atoms with Gasteiger partial charge in [0.15, 0.2) is 6.10 Å². The lowest BCUT2D eigenvalue weighted by Crippen LogP contribution is -2.67. The molecule has 0 radical (unpaired) electrons. The summed E-state index contributed by atoms with van der Waals surface area (Å²) in [6.45, 7) is 3.30. The molecule has 0 aromatic heterocycles. The average molecular weight is 514 g/mol. The van der Waals surface area contributed by atoms with Crippen molar-refractivity contribution in [1.29, 1.82) is 0 Å². The number of rotatable bonds is 5. The second kappa shape index (κ2) is 9.93. The van der Waals surface area contributed by atoms with Gasteiger partial charge in [0.2, 0.25) is 0 Å². The van der Waals surface area contributed by atoms with E-state index in [2.05, 4.69) is 35.2 Å². The van der Waals surface area contributed by atoms with Crippen molar-refractivity contribution in [3.05, 3.63) is 60.2 Å². The molecule has 2 saturated heterocycles. The van der Waals surface area contributed by atoms with Gasteiger partial charge in [0.25, 0.3) is 0 Å². The second-order valence-electron chi connectivity index (χ2n) is 12.2. The van der Waals surface area contributed by atoms with Crippen molar-refractivity contribution >= 4 is 27.5 Å². The molecule has 0 N–H and O–H groups in total. The lowest BCUT2D eigenvalue weighted by atomic mass is 9.48. The van der Waals surface area contributed by atoms with Crippen LogP contribution in [0.5, 0.6) is 0 Å². The largest absolute Gasteiger partial charge is 0.463 e. The maximum Gasteiger partial charge on any atom is 0.339 e. The van der Waals surface area contributed by atoms with Crippen LogP contribution in [0.15, 0.2) is 54.6 Å². The van der Waals surface area contributed by atoms with Crippen LogP contribution in [0.4, 0.5) is 0 Å². The van der Waals surface area contributed by atoms with E-state index in [0.717, 1.165) is 46.9 Å². The van der Waals surface area contributed by atoms with E-state index in [4.69, 9.17) is 14.2 Å². The van der Waals surface area contributed by atoms with Crippen molar-refractivity contribution in [2.45, 2.75) is 57.1 Å². The van der Waals surface area contributed by atoms with Gasteiger partial charge in [-0.25, -0.2) is 4.79 Å². The molecule has 2 aliphatic carbocycles. The van der Waals surface area contributed by atoms with E-state index >= 15 is 0 Å². The zero-order valence-corrected chi connectivity index (χ0v) is 22.4. The number of fused-ring (bicyclic) bond motifs is 2. The fourth-order valence-electron chi connectivity index (χ4n) is 9.12. The third kappa shape index (κ3) is 3.89. The number of carbonyl (C=O) groups is 1. The van der Waals surface area contributed by atoms with Crippen molar-refractivity contribution < 1.29 is 19.0 Å². The maximum absolute atomic E-state index is 13.8. The van der Waals surface area contributed by atoms with E-state index in [1.54, 1.807) is 7.11 Å². The first-order valence-electron chi connectivity index (χ1n) is 14.6. The molecule has 7 rings (SSSR count). The molecule has 5 heteroatoms. The maximum atomic E-state index is 13.8. The molecule has 38 heavy (non-hydrogen) atoms. The fourth-order valence-corrected chi connectivity index (χ4v) is 9.12. The van der Waals surface area contributed by atoms with Gasteiger partial charge in [-0.15, -0.1) is 0 Å². The average Bonchev–Trinajstić information content (AvgIpc) is 2.96. The number of benzene rings is 3. The standard InChI is InChI=1S/C33H39NO4/c1-36-30(29-26-11-4-2-9-22(26)17-23-10-3-5-12-27(23)29)32(35)38-20-24-18-25-19-37-21-34-16-8-15-33(31(25)34)14-7-6-13-28(24)33/h2-5,9-12,17,24-25,28,30-31H,6-8,13-16,18-21H2,1H3/t24-,25+,28-,30-,31+,33-/m1/s1. The van der Waals surface area contributed by atoms with Crippen molar-refractivity contribution in [3.63, 3.8) is 0 Å². The monoisotopic (exact) mass is 513 g/mol. The van der Waals surface area contributed by atoms with Crippen molar-refractivity contribution in [2.24, 2.45) is 23.2 Å². The molecule has 0 bridgehead atoms. The highest BCUT2D eigenvalue weighted by Gasteiger charge is 2.59. The SMILES string of the molecule is CO[C@@H](C(=O)OC[C@H]1C[C@H]2COCN3CCC[C@@]4(CCCC[C@H]14)[C@H]23)c1c2ccccc2cc2ccccc12. The summed E-state index contributed by atoms with van der Waals surface area (Å²) in [5.74, 6) is 1.29. The first-order valence-corrected chi connectivity index (χ1v) is 14.6. The normalized spacial score (nSPS) is 31.9. The molecular formula is C33H39NO4. The zero-order valence-electron chi connectivity index (χ0n) is 22.4. The number of nitrogens with zero attached hydrogens (tertiary/aromatic N) is 1. The Kier molecular flexibility index (Phi) is 6.42. The summed E-state index contributed by atoms with van der Waals surface area (Å²) in [6.07, 6.45) is 8.14. The first kappa shape index (κ1) is 24.6. The van der Waals surface area contributed by atoms with Crippen LogP contribution >= 0.6 is 0 Å². The van der Waals surface area contributed by atoms with Gasteiger partial charge in [-0.05, 0) is 82.9 Å². The molecule has 0 unspecified atom stereocenters. The molecule has 200 valence electrons. The van der Waals surface area contributed by atoms with Gasteiger partial charge in [0, 0.05) is 25.3 Å². The van der Waals surface area contributed by atoms with Gasteiger partial charge in [-0.3, -0.25) is 4.90 Å². The Hall–Kier alpha value is -2.47. The molecule has 0 amide bonds. The lowest BCUT2D eigenvalue weighted by molar-refractivity contribution is -0.210. The van der Waals surface area contributed by atoms with Crippen molar-refractivity contribution in [1.82, 2.24) is 4.90 Å². The lowest BCUT2D eigenvalue weighted by Gasteiger charge is -2.64. The van der Waals surface area contributed by atoms with Crippen LogP contribution in [0, 0.1) is 23.2 Å². The summed E-state index contributed by atoms with van der Waals surface area (Å²) in [5.41, 5.74) is 1.28. The Balaban J connectivity index is 1.18. The third-order valence-electron chi connectivity index (χ3n) is 10.4. The zero-order chi connectivity index (χ0) is 25.7. The Morgan fingerprint density at radius 3 is 2.55 bits per heavy atom. The smallest absolute Gasteiger partial charge is 0.339 e. The molecule has 2 aliphatic heterocycles. The molecule has 6 atom stereocenters. The summed E-state index contributed by atoms with van der Waals surface area (Å²) in [7, 11) is 1.62. The highest BCUT2D eigenvalue weighted by atomic mass is 16.6. The minimum absolute atomic E-state index is 0.272. The van der Waals surface area contributed by atoms with Crippen LogP contribution in [-0.4, -0.2) is 50.5 Å². The molecule has 2 heterocycles. The van der Waals surface area contributed by atoms with Gasteiger partial charge in [0.1, 0.15) is 0 Å². The molecular weight excluding hydrogens is 474 g/mol. The van der Waals surface area contributed by atoms with Crippen LogP contribution in [0.25, 0.3) is 21.5 Å². The summed E-state index contributed by atoms with van der Waals surface area (Å²) < 4.78 is 18.2. The van der Waals surface area contributed by atoms with Gasteiger partial charge in [-0.2, -0.15) is 0 Å². The topological polar surface area (TPSA) is 48.0 Å². The Bertz CT molecular complexity index is 1280. The fraction of sp³-hybridized carbons (Fsp3) is 0.545. The van der Waals surface area contributed by atoms with Crippen LogP contribution in [0.2, 0.25) is 0 Å². The van der Waals surface area contributed by atoms with Gasteiger partial charge >= 0.3 is 5.97 Å². The Morgan fingerprint density at radius 2 is 1.79 bits per heavy atom. The molecule has 3 aromatic rings. The Morgan fingerprint density at radius 1 is 1.05 bits per heavy atom. The van der Waals surface area contributed by atoms with E-state index in [9.17, 15) is 4.79 Å². The number of esters is 1. The van der Waals surface area contributed by atoms with E-state index in [0.29, 0.717) is 35.8 Å². The van der Waals surface area contributed by atoms with Crippen LogP contribution in [0.1, 0.15) is 56.6 Å². The molecule has 1 spiro atoms. The number of methoxy groups -OCH3 is 1. The Labute approximate surface area is 225 Å². The predicted molar refractivity (Wildman–Crippen MR) is 149 cm³/mol. The number of piperidine rings is 1. The molecule has 2 saturated carbocycles. The third-order valence-corrected chi connectivity index (χ3v) is 10.4. The highest BCUT2D eigenvalue weighted by molar-refractivity contribution is 6.05.